The summed E-state index contributed by atoms with van der Waals surface area (Å²) in [4.78, 5) is 4.02. The third kappa shape index (κ3) is 1.11. The van der Waals surface area contributed by atoms with Crippen molar-refractivity contribution >= 4 is 5.82 Å². The van der Waals surface area contributed by atoms with Crippen molar-refractivity contribution in [3.8, 4) is 0 Å². The Balaban J connectivity index is 2.83. The molecule has 0 aliphatic carbocycles. The minimum Gasteiger partial charge on any atom is -0.384 e. The highest BCUT2D eigenvalue weighted by atomic mass is 16.5. The second kappa shape index (κ2) is 2.70. The van der Waals surface area contributed by atoms with Crippen molar-refractivity contribution in [3.63, 3.8) is 0 Å². The highest BCUT2D eigenvalue weighted by Gasteiger charge is 2.00. The molecule has 0 aromatic carbocycles. The van der Waals surface area contributed by atoms with E-state index in [4.69, 9.17) is 10.5 Å². The van der Waals surface area contributed by atoms with Gasteiger partial charge in [0.15, 0.2) is 0 Å². The highest BCUT2D eigenvalue weighted by Crippen LogP contribution is 2.03. The third-order valence-corrected chi connectivity index (χ3v) is 1.39. The highest BCUT2D eigenvalue weighted by molar-refractivity contribution is 5.26. The van der Waals surface area contributed by atoms with Gasteiger partial charge < -0.3 is 15.0 Å². The molecule has 0 atom stereocenters. The Morgan fingerprint density at radius 2 is 2.50 bits per heavy atom. The van der Waals surface area contributed by atoms with Crippen LogP contribution in [0.15, 0.2) is 6.20 Å². The molecule has 0 aliphatic rings. The molecule has 2 N–H and O–H groups in total. The van der Waals surface area contributed by atoms with E-state index in [0.29, 0.717) is 12.4 Å². The van der Waals surface area contributed by atoms with E-state index >= 15 is 0 Å². The number of nitrogen functional groups attached to an aromatic ring is 1. The summed E-state index contributed by atoms with van der Waals surface area (Å²) < 4.78 is 6.68. The summed E-state index contributed by atoms with van der Waals surface area (Å²) in [7, 11) is 3.49. The molecule has 0 amide bonds. The molecule has 1 aromatic heterocycles. The van der Waals surface area contributed by atoms with E-state index in [-0.39, 0.29) is 0 Å². The maximum atomic E-state index is 5.52. The lowest BCUT2D eigenvalue weighted by Crippen LogP contribution is -2.02. The zero-order valence-corrected chi connectivity index (χ0v) is 6.16. The Morgan fingerprint density at radius 1 is 1.80 bits per heavy atom. The van der Waals surface area contributed by atoms with E-state index < -0.39 is 0 Å². The maximum Gasteiger partial charge on any atom is 0.136 e. The average Bonchev–Trinajstić information content (AvgIpc) is 2.20. The minimum absolute atomic E-state index is 0.508. The van der Waals surface area contributed by atoms with Gasteiger partial charge in [-0.15, -0.1) is 0 Å². The summed E-state index contributed by atoms with van der Waals surface area (Å²) in [5, 5.41) is 0. The zero-order chi connectivity index (χ0) is 7.56. The molecule has 1 rings (SSSR count). The van der Waals surface area contributed by atoms with Gasteiger partial charge in [-0.25, -0.2) is 4.98 Å². The lowest BCUT2D eigenvalue weighted by atomic mass is 10.6. The monoisotopic (exact) mass is 141 g/mol. The van der Waals surface area contributed by atoms with Crippen LogP contribution in [0.2, 0.25) is 0 Å². The molecule has 0 aliphatic heterocycles. The van der Waals surface area contributed by atoms with Crippen LogP contribution in [0.1, 0.15) is 5.82 Å². The molecule has 4 heteroatoms. The topological polar surface area (TPSA) is 53.1 Å². The van der Waals surface area contributed by atoms with Gasteiger partial charge in [-0.2, -0.15) is 0 Å². The van der Waals surface area contributed by atoms with Crippen molar-refractivity contribution in [2.45, 2.75) is 6.61 Å². The molecular formula is C6H11N3O. The lowest BCUT2D eigenvalue weighted by molar-refractivity contribution is 0.175. The Kier molecular flexibility index (Phi) is 1.91. The number of ether oxygens (including phenoxy) is 1. The van der Waals surface area contributed by atoms with Crippen LogP contribution in [0, 0.1) is 0 Å². The van der Waals surface area contributed by atoms with Gasteiger partial charge in [0, 0.05) is 14.2 Å². The van der Waals surface area contributed by atoms with Crippen LogP contribution in [0.3, 0.4) is 0 Å². The van der Waals surface area contributed by atoms with Gasteiger partial charge >= 0.3 is 0 Å². The second-order valence-electron chi connectivity index (χ2n) is 2.09. The van der Waals surface area contributed by atoms with Gasteiger partial charge in [-0.1, -0.05) is 0 Å². The molecule has 0 unspecified atom stereocenters. The van der Waals surface area contributed by atoms with Crippen LogP contribution in [0.4, 0.5) is 5.82 Å². The van der Waals surface area contributed by atoms with Gasteiger partial charge in [0.05, 0.1) is 6.20 Å². The molecule has 10 heavy (non-hydrogen) atoms. The van der Waals surface area contributed by atoms with Crippen molar-refractivity contribution in [2.75, 3.05) is 12.8 Å². The van der Waals surface area contributed by atoms with Gasteiger partial charge in [-0.3, -0.25) is 0 Å². The van der Waals surface area contributed by atoms with E-state index in [0.717, 1.165) is 5.82 Å². The van der Waals surface area contributed by atoms with Crippen molar-refractivity contribution in [1.82, 2.24) is 9.55 Å². The van der Waals surface area contributed by atoms with E-state index in [2.05, 4.69) is 4.98 Å². The molecule has 0 saturated carbocycles. The van der Waals surface area contributed by atoms with Gasteiger partial charge in [0.1, 0.15) is 18.2 Å². The quantitative estimate of drug-likeness (QED) is 0.637. The number of aromatic nitrogens is 2. The fourth-order valence-corrected chi connectivity index (χ4v) is 0.726. The predicted molar refractivity (Wildman–Crippen MR) is 38.3 cm³/mol. The maximum absolute atomic E-state index is 5.52. The van der Waals surface area contributed by atoms with E-state index in [1.165, 1.54) is 0 Å². The number of nitrogens with zero attached hydrogens (tertiary/aromatic N) is 2. The Labute approximate surface area is 59.6 Å². The van der Waals surface area contributed by atoms with E-state index in [9.17, 15) is 0 Å². The first kappa shape index (κ1) is 7.08. The molecule has 56 valence electrons. The number of rotatable bonds is 2. The molecule has 0 bridgehead atoms. The third-order valence-electron chi connectivity index (χ3n) is 1.39. The lowest BCUT2D eigenvalue weighted by Gasteiger charge is -1.99. The van der Waals surface area contributed by atoms with Crippen molar-refractivity contribution in [2.24, 2.45) is 7.05 Å². The van der Waals surface area contributed by atoms with Gasteiger partial charge in [0.25, 0.3) is 0 Å². The summed E-state index contributed by atoms with van der Waals surface area (Å²) in [5.74, 6) is 1.51. The average molecular weight is 141 g/mol. The molecule has 0 saturated heterocycles. The van der Waals surface area contributed by atoms with E-state index in [1.54, 1.807) is 17.9 Å². The number of anilines is 1. The number of hydrogen-bond donors (Lipinski definition) is 1. The smallest absolute Gasteiger partial charge is 0.136 e. The summed E-state index contributed by atoms with van der Waals surface area (Å²) >= 11 is 0. The predicted octanol–water partition coefficient (Wildman–Crippen LogP) is 0.149. The zero-order valence-electron chi connectivity index (χ0n) is 6.16. The second-order valence-corrected chi connectivity index (χ2v) is 2.09. The SMILES string of the molecule is COCc1ncc(N)n1C. The van der Waals surface area contributed by atoms with Gasteiger partial charge in [0.2, 0.25) is 0 Å². The van der Waals surface area contributed by atoms with Crippen LogP contribution in [-0.2, 0) is 18.4 Å². The van der Waals surface area contributed by atoms with Crippen LogP contribution in [-0.4, -0.2) is 16.7 Å². The van der Waals surface area contributed by atoms with E-state index in [1.807, 2.05) is 7.05 Å². The summed E-state index contributed by atoms with van der Waals surface area (Å²) in [5.41, 5.74) is 5.52. The molecule has 0 fully saturated rings. The number of nitrogens with two attached hydrogens (primary N) is 1. The fourth-order valence-electron chi connectivity index (χ4n) is 0.726. The summed E-state index contributed by atoms with van der Waals surface area (Å²) in [6, 6.07) is 0. The Morgan fingerprint density at radius 3 is 2.90 bits per heavy atom. The van der Waals surface area contributed by atoms with Crippen LogP contribution < -0.4 is 5.73 Å². The number of hydrogen-bond acceptors (Lipinski definition) is 3. The number of imidazole rings is 1. The van der Waals surface area contributed by atoms with Gasteiger partial charge in [-0.05, 0) is 0 Å². The number of methoxy groups -OCH3 is 1. The molecule has 1 aromatic rings. The largest absolute Gasteiger partial charge is 0.384 e. The first-order valence-electron chi connectivity index (χ1n) is 3.00. The van der Waals surface area contributed by atoms with Crippen molar-refractivity contribution in [3.05, 3.63) is 12.0 Å². The van der Waals surface area contributed by atoms with Crippen LogP contribution in [0.5, 0.6) is 0 Å². The molecule has 1 heterocycles. The first-order chi connectivity index (χ1) is 4.75. The molecule has 4 nitrogen and oxygen atoms in total. The summed E-state index contributed by atoms with van der Waals surface area (Å²) in [6.07, 6.45) is 1.62. The van der Waals surface area contributed by atoms with Crippen molar-refractivity contribution < 1.29 is 4.74 Å². The Bertz CT molecular complexity index is 219. The Hall–Kier alpha value is -1.03. The van der Waals surface area contributed by atoms with Crippen molar-refractivity contribution in [1.29, 1.82) is 0 Å². The summed E-state index contributed by atoms with van der Waals surface area (Å²) in [6.45, 7) is 0.508. The fraction of sp³-hybridized carbons (Fsp3) is 0.500. The molecular weight excluding hydrogens is 130 g/mol. The minimum atomic E-state index is 0.508. The van der Waals surface area contributed by atoms with Crippen LogP contribution in [0.25, 0.3) is 0 Å². The normalized spacial score (nSPS) is 10.2. The molecule has 0 spiro atoms. The van der Waals surface area contributed by atoms with Crippen LogP contribution >= 0.6 is 0 Å². The standard InChI is InChI=1S/C6H11N3O/c1-9-5(7)3-8-6(9)4-10-2/h3H,4,7H2,1-2H3. The molecule has 0 radical (unpaired) electrons. The first-order valence-corrected chi connectivity index (χ1v) is 3.00.